The smallest absolute Gasteiger partial charge is 0.333 e. The summed E-state index contributed by atoms with van der Waals surface area (Å²) in [7, 11) is 3.03. The maximum Gasteiger partial charge on any atom is 0.333 e. The van der Waals surface area contributed by atoms with Gasteiger partial charge in [-0.3, -0.25) is 43.2 Å². The number of benzene rings is 2. The first kappa shape index (κ1) is 98.0. The number of nitrogens with zero attached hydrogens (tertiary/aromatic N) is 4. The third kappa shape index (κ3) is 24.0. The highest BCUT2D eigenvalue weighted by Crippen LogP contribution is 2.43. The lowest BCUT2D eigenvalue weighted by Gasteiger charge is -2.49. The Labute approximate surface area is 716 Å². The Kier molecular flexibility index (Phi) is 34.7. The van der Waals surface area contributed by atoms with Crippen LogP contribution in [0.25, 0.3) is 0 Å². The monoisotopic (exact) mass is 1720 g/mol. The lowest BCUT2D eigenvalue weighted by molar-refractivity contribution is -0.318. The highest BCUT2D eigenvalue weighted by molar-refractivity contribution is 8.00. The minimum absolute atomic E-state index is 0.0332. The number of aliphatic hydroxyl groups excluding tert-OH is 3. The number of aryl methyl sites for hydroxylation is 1. The quantitative estimate of drug-likeness (QED) is 0.0662. The molecule has 9 saturated heterocycles. The van der Waals surface area contributed by atoms with Crippen molar-refractivity contribution in [2.24, 2.45) is 47.2 Å². The number of methoxy groups -OCH3 is 1. The molecule has 12 N–H and O–H groups in total. The highest BCUT2D eigenvalue weighted by Gasteiger charge is 2.55. The first-order valence-corrected chi connectivity index (χ1v) is 44.6. The fourth-order valence-electron chi connectivity index (χ4n) is 19.1. The Morgan fingerprint density at radius 1 is 0.719 bits per heavy atom. The summed E-state index contributed by atoms with van der Waals surface area (Å²) in [5.41, 5.74) is 3.75. The number of hydrogen-bond donors (Lipinski definition) is 11. The number of thioether (sulfide) groups is 1. The summed E-state index contributed by atoms with van der Waals surface area (Å²) in [6.45, 7) is 27.7. The molecule has 9 fully saturated rings. The molecule has 0 radical (unpaired) electrons. The minimum atomic E-state index is -1.95. The molecule has 2 bridgehead atoms. The second-order valence-corrected chi connectivity index (χ2v) is 37.4. The second kappa shape index (κ2) is 42.9. The van der Waals surface area contributed by atoms with Gasteiger partial charge in [0.15, 0.2) is 18.6 Å². The highest BCUT2D eigenvalue weighted by atomic mass is 32.2. The van der Waals surface area contributed by atoms with Gasteiger partial charge >= 0.3 is 17.9 Å². The Balaban J connectivity index is 0.000000276. The van der Waals surface area contributed by atoms with Crippen LogP contribution in [-0.2, 0) is 87.5 Å². The van der Waals surface area contributed by atoms with Crippen LogP contribution in [-0.4, -0.2) is 301 Å². The van der Waals surface area contributed by atoms with E-state index in [-0.39, 0.29) is 95.4 Å². The number of fused-ring (bicyclic) bond motifs is 5. The number of aliphatic hydroxyl groups is 5. The third-order valence-corrected chi connectivity index (χ3v) is 28.3. The number of carboxylic acids is 1. The number of Topliss-reactive ketones (excluding diaryl/α,β-unsaturated/α-hetero) is 1. The average Bonchev–Trinajstić information content (AvgIpc) is 1.24. The molecule has 2 aromatic carbocycles. The molecule has 121 heavy (non-hydrogen) atoms. The fraction of sp³-hybridized carbons (Fsp3) is 0.750. The lowest BCUT2D eigenvalue weighted by Crippen LogP contribution is -2.63. The molecule has 11 unspecified atom stereocenters. The largest absolute Gasteiger partial charge is 0.481 e. The van der Waals surface area contributed by atoms with Gasteiger partial charge in [-0.05, 0) is 149 Å². The Morgan fingerprint density at radius 3 is 2.02 bits per heavy atom. The predicted octanol–water partition coefficient (Wildman–Crippen LogP) is 3.86. The van der Waals surface area contributed by atoms with Gasteiger partial charge in [0, 0.05) is 107 Å². The zero-order chi connectivity index (χ0) is 89.0. The number of carbonyl (C=O) groups is 10. The van der Waals surface area contributed by atoms with Crippen molar-refractivity contribution >= 4 is 70.9 Å². The molecule has 678 valence electrons. The van der Waals surface area contributed by atoms with Crippen LogP contribution in [0.2, 0.25) is 0 Å². The number of amides is 6. The van der Waals surface area contributed by atoms with Gasteiger partial charge < -0.3 is 110 Å². The van der Waals surface area contributed by atoms with Gasteiger partial charge in [-0.2, -0.15) is 11.8 Å². The fourth-order valence-corrected chi connectivity index (χ4v) is 20.7. The van der Waals surface area contributed by atoms with E-state index in [0.717, 1.165) is 43.6 Å². The molecule has 0 saturated carbocycles. The van der Waals surface area contributed by atoms with Gasteiger partial charge in [0.1, 0.15) is 66.0 Å². The van der Waals surface area contributed by atoms with Crippen molar-refractivity contribution in [1.29, 1.82) is 0 Å². The Bertz CT molecular complexity index is 3840. The summed E-state index contributed by atoms with van der Waals surface area (Å²) in [5, 5.41) is 79.9. The van der Waals surface area contributed by atoms with Crippen LogP contribution in [0.4, 0.5) is 0 Å². The van der Waals surface area contributed by atoms with Crippen LogP contribution in [0, 0.1) is 48.3 Å². The maximum atomic E-state index is 15.4. The number of likely N-dealkylation sites (N-methyl/N-ethyl adjacent to an activating group) is 1. The van der Waals surface area contributed by atoms with E-state index in [4.69, 9.17) is 44.0 Å². The van der Waals surface area contributed by atoms with Crippen molar-refractivity contribution in [2.75, 3.05) is 65.7 Å². The number of aliphatic carboxylic acids is 1. The van der Waals surface area contributed by atoms with Crippen molar-refractivity contribution < 1.29 is 112 Å². The number of piperidine rings is 4. The molecule has 32 nitrogen and oxygen atoms in total. The number of esters is 2. The number of ether oxygens (including phenoxy) is 7. The second-order valence-electron chi connectivity index (χ2n) is 36.1. The molecule has 2 aromatic rings. The standard InChI is InChI=1S/C46H61N7O8S.C42H76N2O15/c1-5-33-43(57)52-19-9-12-34(52)44(58)50(4)36(22-29-15-13-27(2)14-16-29)45(59)53-24-32(26-62-38-25-51-20-17-30(38)18-21-51)37(54)23-35(53)41(55)49-40(31-10-7-6-8-11-31)46(60)61-28(3)39(47)42(56)48-33;1-13-28-42(11,53)35(49)24(5)32(44-17-16-43-29(45)14-15-30(46)47)22(3)19-40(9,52)37(59-39-33(48)21(2)18-23(4)55-39)25(6)34(26(7)38(51)57-28)58-31-20-41(10,54-12)36(50)27(8)56-31/h6-8,10-11,13-16,28,30,32-36,38-40H,5,9,12,17-26,47H2,1-4H3,(H,48,56)(H,49,55);21-28,31-37,39,44,48-50,52-53H,13-20H2,1-12H3,(H,43,45)(H,46,47)/t28-,32+,33?,34+,35+,36+,38?,39+,40+;21?,22-,23?,24+,25?,26-,27?,28-,31?,32+,33?,34+,35-,36?,37-,39?,40-,41?,42-/m11/s1. The van der Waals surface area contributed by atoms with Crippen LogP contribution < -0.4 is 27.0 Å². The van der Waals surface area contributed by atoms with Crippen molar-refractivity contribution in [3.8, 4) is 0 Å². The molecule has 6 amide bonds. The number of carboxylic acid groups (broad SMARTS) is 1. The number of nitrogens with two attached hydrogens (primary N) is 1. The molecule has 0 spiro atoms. The molecule has 33 heteroatoms. The summed E-state index contributed by atoms with van der Waals surface area (Å²) in [6.07, 6.45) is -7.77. The van der Waals surface area contributed by atoms with E-state index in [1.54, 1.807) is 105 Å². The number of cyclic esters (lactones) is 2. The summed E-state index contributed by atoms with van der Waals surface area (Å²) in [4.78, 5) is 145. The van der Waals surface area contributed by atoms with E-state index in [1.165, 1.54) is 35.7 Å². The molecule has 9 heterocycles. The third-order valence-electron chi connectivity index (χ3n) is 26.8. The topological polar surface area (TPSA) is 444 Å². The first-order chi connectivity index (χ1) is 57.0. The number of rotatable bonds is 20. The molecule has 28 atom stereocenters. The van der Waals surface area contributed by atoms with Crippen molar-refractivity contribution in [2.45, 2.75) is 312 Å². The Hall–Kier alpha value is -6.83. The van der Waals surface area contributed by atoms with Crippen molar-refractivity contribution in [3.63, 3.8) is 0 Å². The van der Waals surface area contributed by atoms with Crippen molar-refractivity contribution in [1.82, 2.24) is 40.9 Å². The molecule has 9 aliphatic rings. The maximum absolute atomic E-state index is 15.4. The first-order valence-electron chi connectivity index (χ1n) is 43.5. The van der Waals surface area contributed by atoms with E-state index in [1.807, 2.05) is 52.0 Å². The van der Waals surface area contributed by atoms with Crippen molar-refractivity contribution in [3.05, 3.63) is 71.3 Å². The van der Waals surface area contributed by atoms with E-state index in [2.05, 4.69) is 26.2 Å². The Morgan fingerprint density at radius 2 is 1.40 bits per heavy atom. The van der Waals surface area contributed by atoms with E-state index in [0.29, 0.717) is 41.7 Å². The van der Waals surface area contributed by atoms with Gasteiger partial charge in [-0.25, -0.2) is 4.79 Å². The number of nitrogens with one attached hydrogen (secondary N) is 4. The predicted molar refractivity (Wildman–Crippen MR) is 448 cm³/mol. The van der Waals surface area contributed by atoms with E-state index >= 15 is 4.79 Å². The van der Waals surface area contributed by atoms with Gasteiger partial charge in [-0.15, -0.1) is 0 Å². The molecular formula is C88H137N9O23S. The van der Waals surface area contributed by atoms with Gasteiger partial charge in [0.2, 0.25) is 35.4 Å². The SMILES string of the molecule is CCC1NC(=O)[C@@H](N)[C@@H](C)OC(=O)[C@H](c2ccccc2)NC(=O)[C@@H]2CC(=O)[C@H](CSC3CN4CCC3CC4)CN2C(=O)[C@H](Cc2ccc(C)cc2)N(C)C(=O)[C@@H]2CCCN2C1=O.CC[C@H]1OC(=O)[C@H](C)[C@@H](OC2CC(C)(OC)C(O)C(C)O2)C(C)[C@@H](OC2OC(C)CC(C)C2O)[C@](C)(O)C[C@@H](C)[C@H](NCCNC(=O)CCC(=O)O)[C@H](C)[C@@H](O)[C@]1(C)O. The zero-order valence-corrected chi connectivity index (χ0v) is 74.3. The van der Waals surface area contributed by atoms with Gasteiger partial charge in [0.05, 0.1) is 54.1 Å². The molecule has 9 aliphatic heterocycles. The molecule has 0 aliphatic carbocycles. The molecule has 11 rings (SSSR count). The minimum Gasteiger partial charge on any atom is -0.481 e. The van der Waals surface area contributed by atoms with E-state index in [9.17, 15) is 68.7 Å². The molecule has 0 aromatic heterocycles. The number of carbonyl (C=O) groups excluding carboxylic acids is 9. The van der Waals surface area contributed by atoms with Crippen LogP contribution in [0.3, 0.4) is 0 Å². The van der Waals surface area contributed by atoms with Gasteiger partial charge in [-0.1, -0.05) is 102 Å². The van der Waals surface area contributed by atoms with E-state index < -0.39 is 203 Å². The van der Waals surface area contributed by atoms with Crippen LogP contribution in [0.15, 0.2) is 54.6 Å². The molecular weight excluding hydrogens is 1580 g/mol. The average molecular weight is 1720 g/mol. The van der Waals surface area contributed by atoms with Gasteiger partial charge in [0.25, 0.3) is 0 Å². The summed E-state index contributed by atoms with van der Waals surface area (Å²) >= 11 is 1.76. The number of ketones is 1. The summed E-state index contributed by atoms with van der Waals surface area (Å²) in [6, 6.07) is 8.26. The summed E-state index contributed by atoms with van der Waals surface area (Å²) < 4.78 is 43.2. The van der Waals surface area contributed by atoms with Crippen LogP contribution >= 0.6 is 11.8 Å². The van der Waals surface area contributed by atoms with Crippen LogP contribution in [0.5, 0.6) is 0 Å². The summed E-state index contributed by atoms with van der Waals surface area (Å²) in [5.74, 6) is -9.04. The zero-order valence-electron chi connectivity index (χ0n) is 73.5. The number of hydrogen-bond acceptors (Lipinski definition) is 26. The lowest BCUT2D eigenvalue weighted by atomic mass is 9.72. The van der Waals surface area contributed by atoms with Crippen LogP contribution in [0.1, 0.15) is 190 Å². The normalized spacial score (nSPS) is 39.1.